The molecule has 0 aromatic carbocycles. The van der Waals surface area contributed by atoms with Gasteiger partial charge in [0.05, 0.1) is 11.7 Å². The molecular formula is C10H15N3S. The highest BCUT2D eigenvalue weighted by Crippen LogP contribution is 2.23. The third kappa shape index (κ3) is 1.91. The molecule has 0 radical (unpaired) electrons. The molecule has 1 unspecified atom stereocenters. The first kappa shape index (κ1) is 9.93. The van der Waals surface area contributed by atoms with Crippen molar-refractivity contribution < 1.29 is 0 Å². The molecule has 0 bridgehead atoms. The van der Waals surface area contributed by atoms with Crippen molar-refractivity contribution in [3.05, 3.63) is 23.3 Å². The second-order valence-electron chi connectivity index (χ2n) is 3.51. The Balaban J connectivity index is 2.29. The summed E-state index contributed by atoms with van der Waals surface area (Å²) in [6.07, 6.45) is 3.11. The van der Waals surface area contributed by atoms with E-state index >= 15 is 0 Å². The normalized spacial score (nSPS) is 17.6. The molecule has 1 aromatic rings. The number of aryl methyl sites for hydroxylation is 1. The molecule has 3 nitrogen and oxygen atoms in total. The number of rotatable bonds is 2. The maximum absolute atomic E-state index is 4.59. The Morgan fingerprint density at radius 1 is 1.57 bits per heavy atom. The van der Waals surface area contributed by atoms with Crippen LogP contribution in [0.4, 0.5) is 0 Å². The predicted molar refractivity (Wildman–Crippen MR) is 59.4 cm³/mol. The van der Waals surface area contributed by atoms with E-state index in [2.05, 4.69) is 22.2 Å². The summed E-state index contributed by atoms with van der Waals surface area (Å²) in [5, 5.41) is 3.16. The summed E-state index contributed by atoms with van der Waals surface area (Å²) in [7, 11) is 1.93. The van der Waals surface area contributed by atoms with Crippen LogP contribution >= 0.6 is 11.8 Å². The molecule has 0 saturated carbocycles. The number of nitrogens with zero attached hydrogens (tertiary/aromatic N) is 2. The summed E-state index contributed by atoms with van der Waals surface area (Å²) in [5.41, 5.74) is 2.56. The van der Waals surface area contributed by atoms with Gasteiger partial charge in [0.2, 0.25) is 0 Å². The van der Waals surface area contributed by atoms with Gasteiger partial charge in [-0.1, -0.05) is 0 Å². The van der Waals surface area contributed by atoms with Crippen LogP contribution in [0.3, 0.4) is 0 Å². The van der Waals surface area contributed by atoms with Crippen LogP contribution in [0.25, 0.3) is 0 Å². The summed E-state index contributed by atoms with van der Waals surface area (Å²) in [6, 6.07) is 0.243. The third-order valence-corrected chi connectivity index (χ3v) is 3.52. The van der Waals surface area contributed by atoms with Crippen molar-refractivity contribution in [3.8, 4) is 0 Å². The highest BCUT2D eigenvalue weighted by atomic mass is 32.2. The number of hydrogen-bond donors (Lipinski definition) is 1. The van der Waals surface area contributed by atoms with E-state index in [0.717, 1.165) is 18.0 Å². The summed E-state index contributed by atoms with van der Waals surface area (Å²) in [5.74, 6) is 3.16. The van der Waals surface area contributed by atoms with Crippen molar-refractivity contribution in [2.75, 3.05) is 12.8 Å². The van der Waals surface area contributed by atoms with E-state index in [1.54, 1.807) is 0 Å². The van der Waals surface area contributed by atoms with E-state index in [1.165, 1.54) is 17.0 Å². The fourth-order valence-electron chi connectivity index (χ4n) is 1.48. The summed E-state index contributed by atoms with van der Waals surface area (Å²) < 4.78 is 0. The highest BCUT2D eigenvalue weighted by Gasteiger charge is 2.14. The average molecular weight is 209 g/mol. The molecule has 4 heteroatoms. The van der Waals surface area contributed by atoms with Crippen LogP contribution in [0.5, 0.6) is 0 Å². The largest absolute Gasteiger partial charge is 0.311 e. The van der Waals surface area contributed by atoms with E-state index in [-0.39, 0.29) is 6.04 Å². The van der Waals surface area contributed by atoms with E-state index in [4.69, 9.17) is 0 Å². The van der Waals surface area contributed by atoms with Crippen molar-refractivity contribution in [1.82, 2.24) is 15.3 Å². The first-order valence-corrected chi connectivity index (χ1v) is 6.06. The molecule has 14 heavy (non-hydrogen) atoms. The first-order valence-electron chi connectivity index (χ1n) is 4.91. The fraction of sp³-hybridized carbons (Fsp3) is 0.600. The van der Waals surface area contributed by atoms with Crippen molar-refractivity contribution in [2.24, 2.45) is 0 Å². The van der Waals surface area contributed by atoms with Crippen molar-refractivity contribution in [3.63, 3.8) is 0 Å². The molecule has 76 valence electrons. The summed E-state index contributed by atoms with van der Waals surface area (Å²) >= 11 is 1.95. The third-order valence-electron chi connectivity index (χ3n) is 2.55. The van der Waals surface area contributed by atoms with Gasteiger partial charge >= 0.3 is 0 Å². The number of hydrogen-bond acceptors (Lipinski definition) is 4. The van der Waals surface area contributed by atoms with E-state index in [0.29, 0.717) is 0 Å². The van der Waals surface area contributed by atoms with Crippen LogP contribution in [-0.2, 0) is 12.2 Å². The van der Waals surface area contributed by atoms with Gasteiger partial charge in [0.15, 0.2) is 0 Å². The fourth-order valence-corrected chi connectivity index (χ4v) is 2.43. The Labute approximate surface area is 88.7 Å². The summed E-state index contributed by atoms with van der Waals surface area (Å²) in [6.45, 7) is 2.08. The molecule has 0 amide bonds. The molecule has 2 heterocycles. The SMILES string of the molecule is CNC(C)c1ncc2c(n1)CSCC2. The maximum atomic E-state index is 4.59. The van der Waals surface area contributed by atoms with E-state index in [1.807, 2.05) is 25.0 Å². The van der Waals surface area contributed by atoms with Crippen LogP contribution in [0, 0.1) is 0 Å². The Hall–Kier alpha value is -0.610. The van der Waals surface area contributed by atoms with Crippen LogP contribution in [0.2, 0.25) is 0 Å². The number of aromatic nitrogens is 2. The minimum Gasteiger partial charge on any atom is -0.311 e. The van der Waals surface area contributed by atoms with Crippen molar-refractivity contribution in [1.29, 1.82) is 0 Å². The zero-order valence-corrected chi connectivity index (χ0v) is 9.40. The van der Waals surface area contributed by atoms with Gasteiger partial charge in [-0.25, -0.2) is 9.97 Å². The molecule has 1 aliphatic heterocycles. The second kappa shape index (κ2) is 4.28. The molecule has 1 N–H and O–H groups in total. The molecule has 0 fully saturated rings. The minimum absolute atomic E-state index is 0.243. The molecule has 0 spiro atoms. The Morgan fingerprint density at radius 2 is 2.43 bits per heavy atom. The maximum Gasteiger partial charge on any atom is 0.145 e. The van der Waals surface area contributed by atoms with Gasteiger partial charge in [0, 0.05) is 11.9 Å². The van der Waals surface area contributed by atoms with Crippen molar-refractivity contribution >= 4 is 11.8 Å². The molecular weight excluding hydrogens is 194 g/mol. The lowest BCUT2D eigenvalue weighted by Gasteiger charge is -2.16. The lowest BCUT2D eigenvalue weighted by atomic mass is 10.2. The van der Waals surface area contributed by atoms with E-state index < -0.39 is 0 Å². The quantitative estimate of drug-likeness (QED) is 0.802. The zero-order chi connectivity index (χ0) is 9.97. The number of fused-ring (bicyclic) bond motifs is 1. The lowest BCUT2D eigenvalue weighted by molar-refractivity contribution is 0.605. The molecule has 1 aliphatic rings. The predicted octanol–water partition coefficient (Wildman–Crippen LogP) is 1.55. The van der Waals surface area contributed by atoms with Gasteiger partial charge in [-0.05, 0) is 31.7 Å². The molecule has 1 atom stereocenters. The van der Waals surface area contributed by atoms with Gasteiger partial charge in [0.25, 0.3) is 0 Å². The minimum atomic E-state index is 0.243. The Bertz CT molecular complexity index is 327. The van der Waals surface area contributed by atoms with Crippen LogP contribution in [-0.4, -0.2) is 22.8 Å². The molecule has 0 saturated heterocycles. The smallest absolute Gasteiger partial charge is 0.145 e. The molecule has 2 rings (SSSR count). The van der Waals surface area contributed by atoms with Crippen LogP contribution in [0.1, 0.15) is 30.0 Å². The summed E-state index contributed by atoms with van der Waals surface area (Å²) in [4.78, 5) is 8.97. The monoisotopic (exact) mass is 209 g/mol. The highest BCUT2D eigenvalue weighted by molar-refractivity contribution is 7.98. The topological polar surface area (TPSA) is 37.8 Å². The Morgan fingerprint density at radius 3 is 3.21 bits per heavy atom. The van der Waals surface area contributed by atoms with Gasteiger partial charge in [-0.3, -0.25) is 0 Å². The zero-order valence-electron chi connectivity index (χ0n) is 8.58. The van der Waals surface area contributed by atoms with Crippen molar-refractivity contribution in [2.45, 2.75) is 25.1 Å². The standard InChI is InChI=1S/C10H15N3S/c1-7(11-2)10-12-5-8-3-4-14-6-9(8)13-10/h5,7,11H,3-4,6H2,1-2H3. The van der Waals surface area contributed by atoms with Crippen LogP contribution in [0.15, 0.2) is 6.20 Å². The van der Waals surface area contributed by atoms with Gasteiger partial charge in [-0.2, -0.15) is 11.8 Å². The van der Waals surface area contributed by atoms with E-state index in [9.17, 15) is 0 Å². The van der Waals surface area contributed by atoms with Crippen LogP contribution < -0.4 is 5.32 Å². The average Bonchev–Trinajstić information content (AvgIpc) is 2.27. The van der Waals surface area contributed by atoms with Gasteiger partial charge in [-0.15, -0.1) is 0 Å². The molecule has 1 aromatic heterocycles. The van der Waals surface area contributed by atoms with Gasteiger partial charge < -0.3 is 5.32 Å². The van der Waals surface area contributed by atoms with Gasteiger partial charge in [0.1, 0.15) is 5.82 Å². The Kier molecular flexibility index (Phi) is 3.03. The molecule has 0 aliphatic carbocycles. The lowest BCUT2D eigenvalue weighted by Crippen LogP contribution is -2.18. The first-order chi connectivity index (χ1) is 6.81. The number of nitrogens with one attached hydrogen (secondary N) is 1. The number of thioether (sulfide) groups is 1. The second-order valence-corrected chi connectivity index (χ2v) is 4.62.